The van der Waals surface area contributed by atoms with Crippen molar-refractivity contribution in [3.63, 3.8) is 0 Å². The van der Waals surface area contributed by atoms with Crippen molar-refractivity contribution in [1.82, 2.24) is 5.32 Å². The summed E-state index contributed by atoms with van der Waals surface area (Å²) in [6.07, 6.45) is 4.32. The summed E-state index contributed by atoms with van der Waals surface area (Å²) in [7, 11) is 0. The molecule has 3 nitrogen and oxygen atoms in total. The van der Waals surface area contributed by atoms with E-state index in [1.165, 1.54) is 24.0 Å². The minimum atomic E-state index is 0.525. The van der Waals surface area contributed by atoms with Crippen LogP contribution in [0.1, 0.15) is 29.7 Å². The van der Waals surface area contributed by atoms with E-state index in [-0.39, 0.29) is 0 Å². The van der Waals surface area contributed by atoms with Gasteiger partial charge in [0, 0.05) is 12.6 Å². The number of hydrogen-bond donors (Lipinski definition) is 1. The normalized spacial score (nSPS) is 14.7. The fourth-order valence-corrected chi connectivity index (χ4v) is 2.04. The molecule has 0 bridgehead atoms. The Kier molecular flexibility index (Phi) is 3.96. The van der Waals surface area contributed by atoms with E-state index in [1.54, 1.807) is 6.26 Å². The molecule has 0 radical (unpaired) electrons. The van der Waals surface area contributed by atoms with Crippen molar-refractivity contribution in [2.45, 2.75) is 38.6 Å². The van der Waals surface area contributed by atoms with Gasteiger partial charge in [-0.3, -0.25) is 0 Å². The zero-order valence-corrected chi connectivity index (χ0v) is 11.0. The minimum absolute atomic E-state index is 0.525. The Morgan fingerprint density at radius 2 is 2.00 bits per heavy atom. The lowest BCUT2D eigenvalue weighted by atomic mass is 10.1. The fourth-order valence-electron chi connectivity index (χ4n) is 2.04. The van der Waals surface area contributed by atoms with Crippen molar-refractivity contribution in [2.75, 3.05) is 0 Å². The zero-order valence-electron chi connectivity index (χ0n) is 11.0. The standard InChI is InChI=1S/C16H19NO2/c1-3-13(10-17-15-6-7-15)9-14(4-1)11-18-12-16-5-2-8-19-16/h1-5,8-9,15,17H,6-7,10-12H2. The van der Waals surface area contributed by atoms with Gasteiger partial charge in [0.2, 0.25) is 0 Å². The van der Waals surface area contributed by atoms with E-state index in [0.717, 1.165) is 18.3 Å². The number of ether oxygens (including phenoxy) is 1. The molecule has 1 aliphatic rings. The van der Waals surface area contributed by atoms with E-state index >= 15 is 0 Å². The number of hydrogen-bond acceptors (Lipinski definition) is 3. The van der Waals surface area contributed by atoms with Gasteiger partial charge in [-0.2, -0.15) is 0 Å². The Balaban J connectivity index is 1.47. The predicted molar refractivity (Wildman–Crippen MR) is 73.5 cm³/mol. The summed E-state index contributed by atoms with van der Waals surface area (Å²) >= 11 is 0. The highest BCUT2D eigenvalue weighted by atomic mass is 16.5. The lowest BCUT2D eigenvalue weighted by Crippen LogP contribution is -2.15. The summed E-state index contributed by atoms with van der Waals surface area (Å²) in [5.41, 5.74) is 2.53. The summed E-state index contributed by atoms with van der Waals surface area (Å²) in [5.74, 6) is 0.867. The van der Waals surface area contributed by atoms with Crippen LogP contribution in [0.2, 0.25) is 0 Å². The molecule has 100 valence electrons. The van der Waals surface area contributed by atoms with Crippen LogP contribution in [0.4, 0.5) is 0 Å². The Morgan fingerprint density at radius 3 is 2.79 bits per heavy atom. The van der Waals surface area contributed by atoms with Crippen LogP contribution < -0.4 is 5.32 Å². The van der Waals surface area contributed by atoms with E-state index < -0.39 is 0 Å². The smallest absolute Gasteiger partial charge is 0.129 e. The summed E-state index contributed by atoms with van der Waals surface area (Å²) in [5, 5.41) is 3.52. The van der Waals surface area contributed by atoms with Gasteiger partial charge in [0.15, 0.2) is 0 Å². The van der Waals surface area contributed by atoms with Crippen LogP contribution in [0.3, 0.4) is 0 Å². The summed E-state index contributed by atoms with van der Waals surface area (Å²) in [4.78, 5) is 0. The van der Waals surface area contributed by atoms with E-state index in [1.807, 2.05) is 12.1 Å². The van der Waals surface area contributed by atoms with Crippen LogP contribution in [-0.4, -0.2) is 6.04 Å². The molecule has 0 spiro atoms. The highest BCUT2D eigenvalue weighted by Crippen LogP contribution is 2.19. The highest BCUT2D eigenvalue weighted by Gasteiger charge is 2.19. The van der Waals surface area contributed by atoms with Gasteiger partial charge in [-0.15, -0.1) is 0 Å². The summed E-state index contributed by atoms with van der Waals surface area (Å²) in [6, 6.07) is 13.1. The first-order valence-corrected chi connectivity index (χ1v) is 6.81. The summed E-state index contributed by atoms with van der Waals surface area (Å²) in [6.45, 7) is 2.10. The third-order valence-electron chi connectivity index (χ3n) is 3.26. The molecule has 0 aliphatic heterocycles. The van der Waals surface area contributed by atoms with Gasteiger partial charge >= 0.3 is 0 Å². The second-order valence-corrected chi connectivity index (χ2v) is 5.05. The number of nitrogens with one attached hydrogen (secondary N) is 1. The summed E-state index contributed by atoms with van der Waals surface area (Å²) < 4.78 is 10.9. The molecule has 1 N–H and O–H groups in total. The molecular weight excluding hydrogens is 238 g/mol. The maximum Gasteiger partial charge on any atom is 0.129 e. The molecule has 19 heavy (non-hydrogen) atoms. The lowest BCUT2D eigenvalue weighted by Gasteiger charge is -2.07. The van der Waals surface area contributed by atoms with E-state index in [0.29, 0.717) is 13.2 Å². The Morgan fingerprint density at radius 1 is 1.11 bits per heavy atom. The van der Waals surface area contributed by atoms with Gasteiger partial charge in [-0.25, -0.2) is 0 Å². The van der Waals surface area contributed by atoms with Crippen molar-refractivity contribution in [1.29, 1.82) is 0 Å². The molecule has 3 heteroatoms. The molecule has 0 saturated heterocycles. The molecule has 0 amide bonds. The van der Waals surface area contributed by atoms with Gasteiger partial charge in [-0.05, 0) is 36.1 Å². The van der Waals surface area contributed by atoms with Crippen LogP contribution in [-0.2, 0) is 24.5 Å². The average molecular weight is 257 g/mol. The average Bonchev–Trinajstić information content (AvgIpc) is 3.13. The molecule has 0 unspecified atom stereocenters. The predicted octanol–water partition coefficient (Wildman–Crippen LogP) is 3.25. The molecule has 3 rings (SSSR count). The fraction of sp³-hybridized carbons (Fsp3) is 0.375. The molecule has 1 saturated carbocycles. The second-order valence-electron chi connectivity index (χ2n) is 5.05. The van der Waals surface area contributed by atoms with Crippen LogP contribution in [0.15, 0.2) is 47.1 Å². The first-order valence-electron chi connectivity index (χ1n) is 6.81. The van der Waals surface area contributed by atoms with Crippen LogP contribution in [0.5, 0.6) is 0 Å². The van der Waals surface area contributed by atoms with Crippen LogP contribution in [0, 0.1) is 0 Å². The molecule has 1 fully saturated rings. The molecule has 1 aliphatic carbocycles. The van der Waals surface area contributed by atoms with Crippen LogP contribution >= 0.6 is 0 Å². The molecule has 0 atom stereocenters. The molecule has 1 heterocycles. The number of furan rings is 1. The molecule has 1 aromatic carbocycles. The van der Waals surface area contributed by atoms with Gasteiger partial charge in [0.05, 0.1) is 12.9 Å². The van der Waals surface area contributed by atoms with Gasteiger partial charge in [-0.1, -0.05) is 24.3 Å². The Labute approximate surface area is 113 Å². The molecular formula is C16H19NO2. The Hall–Kier alpha value is -1.58. The largest absolute Gasteiger partial charge is 0.467 e. The maximum atomic E-state index is 5.64. The third kappa shape index (κ3) is 3.94. The minimum Gasteiger partial charge on any atom is -0.467 e. The van der Waals surface area contributed by atoms with E-state index in [9.17, 15) is 0 Å². The van der Waals surface area contributed by atoms with Gasteiger partial charge < -0.3 is 14.5 Å². The van der Waals surface area contributed by atoms with Gasteiger partial charge in [0.25, 0.3) is 0 Å². The topological polar surface area (TPSA) is 34.4 Å². The van der Waals surface area contributed by atoms with Crippen molar-refractivity contribution in [2.24, 2.45) is 0 Å². The SMILES string of the molecule is c1cc(CNC2CC2)cc(COCc2ccco2)c1. The maximum absolute atomic E-state index is 5.64. The molecule has 2 aromatic rings. The van der Waals surface area contributed by atoms with Crippen LogP contribution in [0.25, 0.3) is 0 Å². The Bertz CT molecular complexity index is 503. The number of benzene rings is 1. The second kappa shape index (κ2) is 6.04. The first kappa shape index (κ1) is 12.5. The zero-order chi connectivity index (χ0) is 12.9. The van der Waals surface area contributed by atoms with E-state index in [2.05, 4.69) is 29.6 Å². The van der Waals surface area contributed by atoms with E-state index in [4.69, 9.17) is 9.15 Å². The quantitative estimate of drug-likeness (QED) is 0.826. The first-order chi connectivity index (χ1) is 9.40. The van der Waals surface area contributed by atoms with Gasteiger partial charge in [0.1, 0.15) is 12.4 Å². The third-order valence-corrected chi connectivity index (χ3v) is 3.26. The van der Waals surface area contributed by atoms with Crippen molar-refractivity contribution < 1.29 is 9.15 Å². The van der Waals surface area contributed by atoms with Crippen molar-refractivity contribution >= 4 is 0 Å². The highest BCUT2D eigenvalue weighted by molar-refractivity contribution is 5.23. The molecule has 1 aromatic heterocycles. The van der Waals surface area contributed by atoms with Crippen molar-refractivity contribution in [3.8, 4) is 0 Å². The lowest BCUT2D eigenvalue weighted by molar-refractivity contribution is 0.0929. The monoisotopic (exact) mass is 257 g/mol. The van der Waals surface area contributed by atoms with Crippen molar-refractivity contribution in [3.05, 3.63) is 59.5 Å². The number of rotatable bonds is 7.